The van der Waals surface area contributed by atoms with Gasteiger partial charge in [0.1, 0.15) is 4.90 Å². The number of nitrogens with one attached hydrogen (secondary N) is 1. The molecule has 1 saturated carbocycles. The Labute approximate surface area is 108 Å². The second-order valence-electron chi connectivity index (χ2n) is 4.63. The number of nitrogens with two attached hydrogens (primary N) is 1. The average molecular weight is 269 g/mol. The fourth-order valence-electron chi connectivity index (χ4n) is 2.12. The molecule has 0 unspecified atom stereocenters. The van der Waals surface area contributed by atoms with Crippen LogP contribution in [0.5, 0.6) is 0 Å². The van der Waals surface area contributed by atoms with Crippen LogP contribution in [-0.2, 0) is 10.0 Å². The van der Waals surface area contributed by atoms with Crippen LogP contribution in [-0.4, -0.2) is 28.6 Å². The zero-order valence-electron chi connectivity index (χ0n) is 10.7. The van der Waals surface area contributed by atoms with Crippen LogP contribution in [0.15, 0.2) is 23.1 Å². The van der Waals surface area contributed by atoms with E-state index in [0.717, 1.165) is 12.8 Å². The van der Waals surface area contributed by atoms with Crippen LogP contribution >= 0.6 is 0 Å². The molecule has 0 radical (unpaired) electrons. The van der Waals surface area contributed by atoms with Crippen LogP contribution in [0.3, 0.4) is 0 Å². The second-order valence-corrected chi connectivity index (χ2v) is 6.49. The molecular weight excluding hydrogens is 250 g/mol. The monoisotopic (exact) mass is 269 g/mol. The molecule has 0 spiro atoms. The van der Waals surface area contributed by atoms with E-state index in [1.807, 2.05) is 11.9 Å². The lowest BCUT2D eigenvalue weighted by atomic mass is 9.91. The van der Waals surface area contributed by atoms with Crippen molar-refractivity contribution in [2.24, 2.45) is 0 Å². The van der Waals surface area contributed by atoms with Gasteiger partial charge in [-0.2, -0.15) is 0 Å². The minimum absolute atomic E-state index is 0.249. The first kappa shape index (κ1) is 13.2. The van der Waals surface area contributed by atoms with Crippen LogP contribution in [0.1, 0.15) is 19.3 Å². The van der Waals surface area contributed by atoms with Gasteiger partial charge in [0.05, 0.1) is 5.69 Å². The summed E-state index contributed by atoms with van der Waals surface area (Å²) in [6, 6.07) is 5.45. The Hall–Kier alpha value is -1.27. The molecule has 3 N–H and O–H groups in total. The van der Waals surface area contributed by atoms with E-state index in [9.17, 15) is 8.42 Å². The highest BCUT2D eigenvalue weighted by atomic mass is 32.2. The number of hydrogen-bond acceptors (Lipinski definition) is 4. The molecule has 0 atom stereocenters. The number of nitrogen functional groups attached to an aromatic ring is 1. The van der Waals surface area contributed by atoms with Gasteiger partial charge >= 0.3 is 0 Å². The maximum absolute atomic E-state index is 12.0. The van der Waals surface area contributed by atoms with Crippen molar-refractivity contribution < 1.29 is 8.42 Å². The fraction of sp³-hybridized carbons (Fsp3) is 0.500. The topological polar surface area (TPSA) is 75.4 Å². The molecule has 0 saturated heterocycles. The van der Waals surface area contributed by atoms with Crippen LogP contribution in [0.2, 0.25) is 0 Å². The summed E-state index contributed by atoms with van der Waals surface area (Å²) < 4.78 is 26.4. The van der Waals surface area contributed by atoms with Crippen molar-refractivity contribution in [3.63, 3.8) is 0 Å². The number of anilines is 2. The molecule has 1 aromatic rings. The Bertz CT molecular complexity index is 538. The van der Waals surface area contributed by atoms with E-state index in [1.165, 1.54) is 19.5 Å². The molecular formula is C12H19N3O2S. The number of rotatable bonds is 4. The van der Waals surface area contributed by atoms with Crippen molar-refractivity contribution in [1.29, 1.82) is 0 Å². The summed E-state index contributed by atoms with van der Waals surface area (Å²) in [5, 5.41) is 0. The second kappa shape index (κ2) is 4.78. The van der Waals surface area contributed by atoms with Gasteiger partial charge in [0, 0.05) is 18.8 Å². The molecule has 1 fully saturated rings. The highest BCUT2D eigenvalue weighted by Crippen LogP contribution is 2.33. The van der Waals surface area contributed by atoms with Gasteiger partial charge in [-0.15, -0.1) is 0 Å². The molecule has 5 nitrogen and oxygen atoms in total. The van der Waals surface area contributed by atoms with Crippen molar-refractivity contribution >= 4 is 21.4 Å². The van der Waals surface area contributed by atoms with Gasteiger partial charge in [-0.25, -0.2) is 13.1 Å². The standard InChI is InChI=1S/C12H19N3O2S/c1-14-18(16,17)12-8-9(13)6-7-11(12)15(2)10-4-3-5-10/h6-8,10,14H,3-5,13H2,1-2H3. The normalized spacial score (nSPS) is 16.3. The molecule has 0 amide bonds. The van der Waals surface area contributed by atoms with E-state index in [4.69, 9.17) is 5.73 Å². The summed E-state index contributed by atoms with van der Waals surface area (Å²) in [6.07, 6.45) is 3.43. The zero-order valence-corrected chi connectivity index (χ0v) is 11.5. The number of sulfonamides is 1. The summed E-state index contributed by atoms with van der Waals surface area (Å²) >= 11 is 0. The van der Waals surface area contributed by atoms with E-state index in [2.05, 4.69) is 4.72 Å². The summed E-state index contributed by atoms with van der Waals surface area (Å²) in [5.41, 5.74) is 6.86. The van der Waals surface area contributed by atoms with E-state index in [0.29, 0.717) is 17.4 Å². The first-order valence-corrected chi connectivity index (χ1v) is 7.50. The van der Waals surface area contributed by atoms with Gasteiger partial charge in [-0.05, 0) is 44.5 Å². The molecule has 100 valence electrons. The van der Waals surface area contributed by atoms with Crippen molar-refractivity contribution in [1.82, 2.24) is 4.72 Å². The number of benzene rings is 1. The van der Waals surface area contributed by atoms with Crippen LogP contribution in [0.4, 0.5) is 11.4 Å². The Morgan fingerprint density at radius 3 is 2.56 bits per heavy atom. The molecule has 0 bridgehead atoms. The minimum atomic E-state index is -3.49. The molecule has 1 aliphatic carbocycles. The van der Waals surface area contributed by atoms with Crippen LogP contribution < -0.4 is 15.4 Å². The maximum atomic E-state index is 12.0. The van der Waals surface area contributed by atoms with E-state index >= 15 is 0 Å². The lowest BCUT2D eigenvalue weighted by Gasteiger charge is -2.37. The molecule has 1 aliphatic rings. The van der Waals surface area contributed by atoms with Gasteiger partial charge < -0.3 is 10.6 Å². The van der Waals surface area contributed by atoms with Crippen molar-refractivity contribution in [3.05, 3.63) is 18.2 Å². The van der Waals surface area contributed by atoms with Crippen LogP contribution in [0.25, 0.3) is 0 Å². The van der Waals surface area contributed by atoms with Gasteiger partial charge in [0.2, 0.25) is 10.0 Å². The Balaban J connectivity index is 2.46. The highest BCUT2D eigenvalue weighted by molar-refractivity contribution is 7.89. The van der Waals surface area contributed by atoms with Gasteiger partial charge in [0.25, 0.3) is 0 Å². The molecule has 0 aliphatic heterocycles. The molecule has 6 heteroatoms. The summed E-state index contributed by atoms with van der Waals surface area (Å²) in [4.78, 5) is 2.28. The van der Waals surface area contributed by atoms with Gasteiger partial charge in [-0.1, -0.05) is 0 Å². The first-order valence-electron chi connectivity index (χ1n) is 6.01. The van der Waals surface area contributed by atoms with Crippen molar-refractivity contribution in [3.8, 4) is 0 Å². The number of nitrogens with zero attached hydrogens (tertiary/aromatic N) is 1. The third-order valence-electron chi connectivity index (χ3n) is 3.54. The lowest BCUT2D eigenvalue weighted by Crippen LogP contribution is -2.38. The Morgan fingerprint density at radius 2 is 2.06 bits per heavy atom. The summed E-state index contributed by atoms with van der Waals surface area (Å²) in [6.45, 7) is 0. The molecule has 0 aromatic heterocycles. The lowest BCUT2D eigenvalue weighted by molar-refractivity contribution is 0.400. The molecule has 18 heavy (non-hydrogen) atoms. The van der Waals surface area contributed by atoms with Gasteiger partial charge in [0.15, 0.2) is 0 Å². The average Bonchev–Trinajstić information content (AvgIpc) is 2.26. The third-order valence-corrected chi connectivity index (χ3v) is 4.99. The summed E-state index contributed by atoms with van der Waals surface area (Å²) in [7, 11) is -0.143. The zero-order chi connectivity index (χ0) is 13.3. The first-order chi connectivity index (χ1) is 8.45. The van der Waals surface area contributed by atoms with Crippen LogP contribution in [0, 0.1) is 0 Å². The molecule has 2 rings (SSSR count). The van der Waals surface area contributed by atoms with E-state index in [-0.39, 0.29) is 4.90 Å². The smallest absolute Gasteiger partial charge is 0.242 e. The van der Waals surface area contributed by atoms with E-state index in [1.54, 1.807) is 12.1 Å². The minimum Gasteiger partial charge on any atom is -0.399 e. The predicted molar refractivity (Wildman–Crippen MR) is 73.1 cm³/mol. The van der Waals surface area contributed by atoms with Crippen molar-refractivity contribution in [2.45, 2.75) is 30.2 Å². The predicted octanol–water partition coefficient (Wildman–Crippen LogP) is 1.17. The Morgan fingerprint density at radius 1 is 1.39 bits per heavy atom. The quantitative estimate of drug-likeness (QED) is 0.804. The largest absolute Gasteiger partial charge is 0.399 e. The van der Waals surface area contributed by atoms with Crippen molar-refractivity contribution in [2.75, 3.05) is 24.7 Å². The number of hydrogen-bond donors (Lipinski definition) is 2. The summed E-state index contributed by atoms with van der Waals surface area (Å²) in [5.74, 6) is 0. The van der Waals surface area contributed by atoms with Gasteiger partial charge in [-0.3, -0.25) is 0 Å². The maximum Gasteiger partial charge on any atom is 0.242 e. The highest BCUT2D eigenvalue weighted by Gasteiger charge is 2.27. The molecule has 1 aromatic carbocycles. The Kier molecular flexibility index (Phi) is 3.49. The SMILES string of the molecule is CNS(=O)(=O)c1cc(N)ccc1N(C)C1CCC1. The molecule has 0 heterocycles. The van der Waals surface area contributed by atoms with E-state index < -0.39 is 10.0 Å². The fourth-order valence-corrected chi connectivity index (χ4v) is 3.12. The third kappa shape index (κ3) is 2.30.